The van der Waals surface area contributed by atoms with Gasteiger partial charge >= 0.3 is 0 Å². The Balaban J connectivity index is 1.74. The second-order valence-electron chi connectivity index (χ2n) is 4.91. The van der Waals surface area contributed by atoms with Crippen molar-refractivity contribution in [2.75, 3.05) is 5.32 Å². The number of nitrogens with one attached hydrogen (secondary N) is 1. The lowest BCUT2D eigenvalue weighted by molar-refractivity contribution is 0.439. The summed E-state index contributed by atoms with van der Waals surface area (Å²) in [5.41, 5.74) is 0. The average molecular weight is 346 g/mol. The lowest BCUT2D eigenvalue weighted by Gasteiger charge is -2.23. The Kier molecular flexibility index (Phi) is 2.96. The normalized spacial score (nSPS) is 32.0. The van der Waals surface area contributed by atoms with Gasteiger partial charge in [-0.25, -0.2) is 4.98 Å². The first-order chi connectivity index (χ1) is 7.72. The van der Waals surface area contributed by atoms with Crippen LogP contribution in [0.2, 0.25) is 0 Å². The first-order valence-electron chi connectivity index (χ1n) is 5.80. The van der Waals surface area contributed by atoms with E-state index in [1.54, 1.807) is 0 Å². The summed E-state index contributed by atoms with van der Waals surface area (Å²) in [6, 6.07) is 2.69. The number of anilines is 1. The zero-order chi connectivity index (χ0) is 11.1. The Morgan fingerprint density at radius 3 is 2.75 bits per heavy atom. The van der Waals surface area contributed by atoms with E-state index in [9.17, 15) is 0 Å². The van der Waals surface area contributed by atoms with Crippen molar-refractivity contribution < 1.29 is 0 Å². The summed E-state index contributed by atoms with van der Waals surface area (Å²) in [7, 11) is 0. The SMILES string of the molecule is Brc1cnc(NC2CC3CCC2C3)c(Br)c1. The van der Waals surface area contributed by atoms with Gasteiger partial charge in [-0.05, 0) is 69.0 Å². The van der Waals surface area contributed by atoms with Crippen LogP contribution in [0, 0.1) is 11.8 Å². The fraction of sp³-hybridized carbons (Fsp3) is 0.583. The molecule has 3 atom stereocenters. The minimum absolute atomic E-state index is 0.642. The molecule has 2 saturated carbocycles. The fourth-order valence-corrected chi connectivity index (χ4v) is 4.22. The maximum absolute atomic E-state index is 4.42. The van der Waals surface area contributed by atoms with Crippen molar-refractivity contribution in [3.8, 4) is 0 Å². The number of hydrogen-bond acceptors (Lipinski definition) is 2. The maximum atomic E-state index is 4.42. The summed E-state index contributed by atoms with van der Waals surface area (Å²) in [5, 5.41) is 3.59. The molecule has 1 aromatic heterocycles. The molecule has 1 heterocycles. The van der Waals surface area contributed by atoms with Crippen molar-refractivity contribution in [2.45, 2.75) is 31.7 Å². The van der Waals surface area contributed by atoms with Crippen LogP contribution in [0.3, 0.4) is 0 Å². The molecule has 3 rings (SSSR count). The van der Waals surface area contributed by atoms with Crippen LogP contribution in [-0.2, 0) is 0 Å². The van der Waals surface area contributed by atoms with Gasteiger partial charge in [0, 0.05) is 16.7 Å². The number of rotatable bonds is 2. The van der Waals surface area contributed by atoms with Gasteiger partial charge in [0.15, 0.2) is 0 Å². The Labute approximate surface area is 112 Å². The van der Waals surface area contributed by atoms with Gasteiger partial charge < -0.3 is 5.32 Å². The lowest BCUT2D eigenvalue weighted by Crippen LogP contribution is -2.26. The number of hydrogen-bond donors (Lipinski definition) is 1. The molecule has 16 heavy (non-hydrogen) atoms. The summed E-state index contributed by atoms with van der Waals surface area (Å²) in [5.74, 6) is 2.83. The molecular weight excluding hydrogens is 332 g/mol. The molecule has 0 aromatic carbocycles. The molecule has 0 amide bonds. The molecule has 1 N–H and O–H groups in total. The molecule has 0 radical (unpaired) electrons. The molecular formula is C12H14Br2N2. The summed E-state index contributed by atoms with van der Waals surface area (Å²) >= 11 is 6.97. The van der Waals surface area contributed by atoms with E-state index < -0.39 is 0 Å². The molecule has 3 unspecified atom stereocenters. The Morgan fingerprint density at radius 1 is 1.25 bits per heavy atom. The molecule has 0 aliphatic heterocycles. The van der Waals surface area contributed by atoms with Crippen LogP contribution in [0.25, 0.3) is 0 Å². The first kappa shape index (κ1) is 11.0. The Hall–Kier alpha value is -0.0900. The van der Waals surface area contributed by atoms with Gasteiger partial charge in [-0.15, -0.1) is 0 Å². The highest BCUT2D eigenvalue weighted by Crippen LogP contribution is 2.45. The highest BCUT2D eigenvalue weighted by molar-refractivity contribution is 9.11. The molecule has 86 valence electrons. The molecule has 2 aliphatic rings. The van der Waals surface area contributed by atoms with Crippen LogP contribution >= 0.6 is 31.9 Å². The molecule has 2 aliphatic carbocycles. The molecule has 1 aromatic rings. The van der Waals surface area contributed by atoms with Crippen molar-refractivity contribution in [2.24, 2.45) is 11.8 Å². The molecule has 4 heteroatoms. The van der Waals surface area contributed by atoms with E-state index in [4.69, 9.17) is 0 Å². The molecule has 2 fully saturated rings. The Morgan fingerprint density at radius 2 is 2.12 bits per heavy atom. The highest BCUT2D eigenvalue weighted by atomic mass is 79.9. The number of nitrogens with zero attached hydrogens (tertiary/aromatic N) is 1. The van der Waals surface area contributed by atoms with E-state index >= 15 is 0 Å². The van der Waals surface area contributed by atoms with E-state index in [1.807, 2.05) is 12.3 Å². The largest absolute Gasteiger partial charge is 0.366 e. The van der Waals surface area contributed by atoms with Crippen LogP contribution in [0.4, 0.5) is 5.82 Å². The van der Waals surface area contributed by atoms with Crippen LogP contribution in [0.15, 0.2) is 21.2 Å². The van der Waals surface area contributed by atoms with Crippen LogP contribution < -0.4 is 5.32 Å². The maximum Gasteiger partial charge on any atom is 0.140 e. The standard InChI is InChI=1S/C12H14Br2N2/c13-9-5-10(14)12(15-6-9)16-11-4-7-1-2-8(11)3-7/h5-8,11H,1-4H2,(H,15,16). The van der Waals surface area contributed by atoms with E-state index in [1.165, 1.54) is 25.7 Å². The fourth-order valence-electron chi connectivity index (χ4n) is 3.12. The highest BCUT2D eigenvalue weighted by Gasteiger charge is 2.39. The quantitative estimate of drug-likeness (QED) is 0.868. The summed E-state index contributed by atoms with van der Waals surface area (Å²) in [6.45, 7) is 0. The average Bonchev–Trinajstić information content (AvgIpc) is 2.84. The van der Waals surface area contributed by atoms with Crippen LogP contribution in [0.5, 0.6) is 0 Å². The van der Waals surface area contributed by atoms with Crippen molar-refractivity contribution in [3.63, 3.8) is 0 Å². The Bertz CT molecular complexity index is 408. The van der Waals surface area contributed by atoms with E-state index in [-0.39, 0.29) is 0 Å². The number of aromatic nitrogens is 1. The van der Waals surface area contributed by atoms with E-state index in [0.29, 0.717) is 6.04 Å². The van der Waals surface area contributed by atoms with E-state index in [2.05, 4.69) is 42.2 Å². The third-order valence-electron chi connectivity index (χ3n) is 3.87. The van der Waals surface area contributed by atoms with Crippen molar-refractivity contribution >= 4 is 37.7 Å². The monoisotopic (exact) mass is 344 g/mol. The van der Waals surface area contributed by atoms with Gasteiger partial charge in [-0.3, -0.25) is 0 Å². The zero-order valence-electron chi connectivity index (χ0n) is 8.92. The number of halogens is 2. The number of pyridine rings is 1. The topological polar surface area (TPSA) is 24.9 Å². The van der Waals surface area contributed by atoms with Gasteiger partial charge in [0.25, 0.3) is 0 Å². The van der Waals surface area contributed by atoms with Gasteiger partial charge in [-0.1, -0.05) is 6.42 Å². The van der Waals surface area contributed by atoms with Gasteiger partial charge in [0.2, 0.25) is 0 Å². The lowest BCUT2D eigenvalue weighted by atomic mass is 9.95. The smallest absolute Gasteiger partial charge is 0.140 e. The third-order valence-corrected chi connectivity index (χ3v) is 4.91. The summed E-state index contributed by atoms with van der Waals surface area (Å²) in [4.78, 5) is 4.42. The van der Waals surface area contributed by atoms with Gasteiger partial charge in [0.1, 0.15) is 5.82 Å². The van der Waals surface area contributed by atoms with Crippen molar-refractivity contribution in [3.05, 3.63) is 21.2 Å². The molecule has 2 bridgehead atoms. The summed E-state index contributed by atoms with van der Waals surface area (Å²) < 4.78 is 2.06. The molecule has 2 nitrogen and oxygen atoms in total. The zero-order valence-corrected chi connectivity index (χ0v) is 12.1. The van der Waals surface area contributed by atoms with Gasteiger partial charge in [-0.2, -0.15) is 0 Å². The third kappa shape index (κ3) is 2.02. The second kappa shape index (κ2) is 4.30. The molecule has 0 spiro atoms. The summed E-state index contributed by atoms with van der Waals surface area (Å²) in [6.07, 6.45) is 7.44. The van der Waals surface area contributed by atoms with Gasteiger partial charge in [0.05, 0.1) is 4.47 Å². The minimum atomic E-state index is 0.642. The molecule has 0 saturated heterocycles. The predicted molar refractivity (Wildman–Crippen MR) is 72.5 cm³/mol. The van der Waals surface area contributed by atoms with E-state index in [0.717, 1.165) is 26.6 Å². The van der Waals surface area contributed by atoms with Crippen molar-refractivity contribution in [1.29, 1.82) is 0 Å². The van der Waals surface area contributed by atoms with Crippen LogP contribution in [0.1, 0.15) is 25.7 Å². The van der Waals surface area contributed by atoms with Crippen molar-refractivity contribution in [1.82, 2.24) is 4.98 Å². The predicted octanol–water partition coefficient (Wildman–Crippen LogP) is 4.21. The number of fused-ring (bicyclic) bond motifs is 2. The second-order valence-corrected chi connectivity index (χ2v) is 6.68. The first-order valence-corrected chi connectivity index (χ1v) is 7.38. The minimum Gasteiger partial charge on any atom is -0.366 e. The van der Waals surface area contributed by atoms with Crippen LogP contribution in [-0.4, -0.2) is 11.0 Å².